The van der Waals surface area contributed by atoms with Crippen LogP contribution in [0.2, 0.25) is 0 Å². The number of anilines is 1. The van der Waals surface area contributed by atoms with Crippen molar-refractivity contribution in [2.24, 2.45) is 7.05 Å². The number of aryl methyl sites for hydroxylation is 3. The normalized spacial score (nSPS) is 10.7. The lowest BCUT2D eigenvalue weighted by molar-refractivity contribution is 0.101. The van der Waals surface area contributed by atoms with E-state index >= 15 is 0 Å². The van der Waals surface area contributed by atoms with Crippen molar-refractivity contribution in [3.8, 4) is 0 Å². The molecule has 0 aliphatic heterocycles. The van der Waals surface area contributed by atoms with Crippen molar-refractivity contribution in [1.82, 2.24) is 14.9 Å². The molecule has 1 amide bonds. The highest BCUT2D eigenvalue weighted by molar-refractivity contribution is 6.02. The molecule has 18 heavy (non-hydrogen) atoms. The van der Waals surface area contributed by atoms with Gasteiger partial charge in [0.25, 0.3) is 5.91 Å². The van der Waals surface area contributed by atoms with E-state index in [0.717, 1.165) is 23.4 Å². The molecule has 0 saturated heterocycles. The van der Waals surface area contributed by atoms with Gasteiger partial charge in [0, 0.05) is 12.6 Å². The van der Waals surface area contributed by atoms with Crippen LogP contribution in [-0.2, 0) is 13.5 Å². The number of hydrogen-bond acceptors (Lipinski definition) is 4. The van der Waals surface area contributed by atoms with Crippen molar-refractivity contribution in [1.29, 1.82) is 0 Å². The summed E-state index contributed by atoms with van der Waals surface area (Å²) < 4.78 is 6.65. The van der Waals surface area contributed by atoms with Gasteiger partial charge in [-0.2, -0.15) is 5.10 Å². The second-order valence-corrected chi connectivity index (χ2v) is 4.18. The Labute approximate surface area is 105 Å². The fourth-order valence-electron chi connectivity index (χ4n) is 1.89. The Bertz CT molecular complexity index is 583. The van der Waals surface area contributed by atoms with Crippen LogP contribution in [-0.4, -0.2) is 20.8 Å². The Balaban J connectivity index is 2.24. The van der Waals surface area contributed by atoms with Gasteiger partial charge in [0.1, 0.15) is 5.69 Å². The zero-order chi connectivity index (χ0) is 13.3. The number of rotatable bonds is 3. The van der Waals surface area contributed by atoms with Gasteiger partial charge >= 0.3 is 0 Å². The van der Waals surface area contributed by atoms with Crippen LogP contribution < -0.4 is 5.32 Å². The van der Waals surface area contributed by atoms with Crippen LogP contribution in [0, 0.1) is 13.8 Å². The third kappa shape index (κ3) is 2.13. The molecular weight excluding hydrogens is 232 g/mol. The highest BCUT2D eigenvalue weighted by Gasteiger charge is 2.17. The molecule has 0 spiro atoms. The van der Waals surface area contributed by atoms with E-state index in [2.05, 4.69) is 15.6 Å². The summed E-state index contributed by atoms with van der Waals surface area (Å²) in [4.78, 5) is 12.1. The molecule has 6 nitrogen and oxygen atoms in total. The molecule has 1 N–H and O–H groups in total. The Morgan fingerprint density at radius 1 is 1.50 bits per heavy atom. The number of carbonyl (C=O) groups excluding carboxylic acids is 1. The van der Waals surface area contributed by atoms with Crippen molar-refractivity contribution in [3.05, 3.63) is 28.7 Å². The molecule has 0 atom stereocenters. The molecular formula is C12H16N4O2. The molecule has 2 aromatic rings. The standard InChI is InChI=1S/C12H16N4O2/c1-5-9-8(3)15-18-12(9)13-11(17)10-6-7(2)14-16(10)4/h6H,5H2,1-4H3,(H,13,17). The van der Waals surface area contributed by atoms with Crippen molar-refractivity contribution < 1.29 is 9.32 Å². The summed E-state index contributed by atoms with van der Waals surface area (Å²) >= 11 is 0. The molecule has 96 valence electrons. The SMILES string of the molecule is CCc1c(C)noc1NC(=O)c1cc(C)nn1C. The lowest BCUT2D eigenvalue weighted by Gasteiger charge is -2.03. The van der Waals surface area contributed by atoms with Crippen LogP contribution >= 0.6 is 0 Å². The molecule has 0 aliphatic carbocycles. The molecule has 2 heterocycles. The van der Waals surface area contributed by atoms with Gasteiger partial charge in [0.05, 0.1) is 11.4 Å². The van der Waals surface area contributed by atoms with Crippen LogP contribution in [0.4, 0.5) is 5.88 Å². The van der Waals surface area contributed by atoms with E-state index in [0.29, 0.717) is 11.6 Å². The van der Waals surface area contributed by atoms with Crippen LogP contribution in [0.1, 0.15) is 34.4 Å². The maximum absolute atomic E-state index is 12.1. The number of hydrogen-bond donors (Lipinski definition) is 1. The topological polar surface area (TPSA) is 73.0 Å². The lowest BCUT2D eigenvalue weighted by atomic mass is 10.2. The first-order valence-corrected chi connectivity index (χ1v) is 5.80. The summed E-state index contributed by atoms with van der Waals surface area (Å²) in [6.07, 6.45) is 0.759. The highest BCUT2D eigenvalue weighted by Crippen LogP contribution is 2.20. The van der Waals surface area contributed by atoms with Crippen molar-refractivity contribution in [2.45, 2.75) is 27.2 Å². The van der Waals surface area contributed by atoms with E-state index < -0.39 is 0 Å². The molecule has 2 aromatic heterocycles. The van der Waals surface area contributed by atoms with Gasteiger partial charge in [-0.1, -0.05) is 12.1 Å². The van der Waals surface area contributed by atoms with E-state index in [-0.39, 0.29) is 5.91 Å². The molecule has 0 unspecified atom stereocenters. The second kappa shape index (κ2) is 4.64. The summed E-state index contributed by atoms with van der Waals surface area (Å²) in [6, 6.07) is 1.73. The van der Waals surface area contributed by atoms with Crippen molar-refractivity contribution >= 4 is 11.8 Å². The molecule has 0 radical (unpaired) electrons. The first kappa shape index (κ1) is 12.3. The van der Waals surface area contributed by atoms with Gasteiger partial charge in [0.15, 0.2) is 0 Å². The number of nitrogens with zero attached hydrogens (tertiary/aromatic N) is 3. The zero-order valence-corrected chi connectivity index (χ0v) is 10.9. The van der Waals surface area contributed by atoms with Crippen LogP contribution in [0.5, 0.6) is 0 Å². The predicted molar refractivity (Wildman–Crippen MR) is 66.5 cm³/mol. The number of nitrogens with one attached hydrogen (secondary N) is 1. The van der Waals surface area contributed by atoms with Gasteiger partial charge in [-0.15, -0.1) is 0 Å². The Kier molecular flexibility index (Phi) is 3.18. The first-order valence-electron chi connectivity index (χ1n) is 5.80. The molecule has 0 aromatic carbocycles. The fourth-order valence-corrected chi connectivity index (χ4v) is 1.89. The van der Waals surface area contributed by atoms with E-state index in [4.69, 9.17) is 4.52 Å². The zero-order valence-electron chi connectivity index (χ0n) is 10.9. The smallest absolute Gasteiger partial charge is 0.276 e. The minimum absolute atomic E-state index is 0.246. The quantitative estimate of drug-likeness (QED) is 0.899. The van der Waals surface area contributed by atoms with Gasteiger partial charge in [-0.05, 0) is 26.3 Å². The molecule has 0 fully saturated rings. The molecule has 0 aliphatic rings. The first-order chi connectivity index (χ1) is 8.52. The van der Waals surface area contributed by atoms with Gasteiger partial charge in [-0.3, -0.25) is 14.8 Å². The largest absolute Gasteiger partial charge is 0.338 e. The predicted octanol–water partition coefficient (Wildman–Crippen LogP) is 1.84. The number of aromatic nitrogens is 3. The second-order valence-electron chi connectivity index (χ2n) is 4.18. The maximum atomic E-state index is 12.1. The maximum Gasteiger partial charge on any atom is 0.276 e. The van der Waals surface area contributed by atoms with E-state index in [1.807, 2.05) is 20.8 Å². The number of amides is 1. The Morgan fingerprint density at radius 2 is 2.22 bits per heavy atom. The minimum atomic E-state index is -0.246. The third-order valence-corrected chi connectivity index (χ3v) is 2.80. The molecule has 6 heteroatoms. The summed E-state index contributed by atoms with van der Waals surface area (Å²) in [6.45, 7) is 5.68. The minimum Gasteiger partial charge on any atom is -0.338 e. The van der Waals surface area contributed by atoms with E-state index in [1.54, 1.807) is 17.8 Å². The molecule has 0 bridgehead atoms. The highest BCUT2D eigenvalue weighted by atomic mass is 16.5. The number of carbonyl (C=O) groups is 1. The Hall–Kier alpha value is -2.11. The van der Waals surface area contributed by atoms with Crippen molar-refractivity contribution in [3.63, 3.8) is 0 Å². The monoisotopic (exact) mass is 248 g/mol. The fraction of sp³-hybridized carbons (Fsp3) is 0.417. The van der Waals surface area contributed by atoms with Gasteiger partial charge < -0.3 is 4.52 Å². The lowest BCUT2D eigenvalue weighted by Crippen LogP contribution is -2.16. The van der Waals surface area contributed by atoms with E-state index in [1.165, 1.54) is 0 Å². The summed E-state index contributed by atoms with van der Waals surface area (Å²) in [7, 11) is 1.73. The van der Waals surface area contributed by atoms with Crippen LogP contribution in [0.3, 0.4) is 0 Å². The van der Waals surface area contributed by atoms with Crippen molar-refractivity contribution in [2.75, 3.05) is 5.32 Å². The summed E-state index contributed by atoms with van der Waals surface area (Å²) in [5.74, 6) is 0.169. The van der Waals surface area contributed by atoms with Crippen LogP contribution in [0.15, 0.2) is 10.6 Å². The van der Waals surface area contributed by atoms with E-state index in [9.17, 15) is 4.79 Å². The van der Waals surface area contributed by atoms with Gasteiger partial charge in [0.2, 0.25) is 5.88 Å². The molecule has 2 rings (SSSR count). The average Bonchev–Trinajstić information content (AvgIpc) is 2.82. The third-order valence-electron chi connectivity index (χ3n) is 2.80. The Morgan fingerprint density at radius 3 is 2.78 bits per heavy atom. The van der Waals surface area contributed by atoms with Crippen LogP contribution in [0.25, 0.3) is 0 Å². The molecule has 0 saturated carbocycles. The van der Waals surface area contributed by atoms with Gasteiger partial charge in [-0.25, -0.2) is 0 Å². The average molecular weight is 248 g/mol. The summed E-state index contributed by atoms with van der Waals surface area (Å²) in [5.41, 5.74) is 3.01. The summed E-state index contributed by atoms with van der Waals surface area (Å²) in [5, 5.41) is 10.7.